The Labute approximate surface area is 250 Å². The third-order valence-electron chi connectivity index (χ3n) is 9.33. The number of hydrogen-bond donors (Lipinski definition) is 0. The molecule has 0 N–H and O–H groups in total. The minimum atomic E-state index is -1.51. The first kappa shape index (κ1) is 26.6. The number of aryl methyl sites for hydroxylation is 1. The number of halogens is 1. The summed E-state index contributed by atoms with van der Waals surface area (Å²) in [7, 11) is 0. The average Bonchev–Trinajstić information content (AvgIpc) is 3.43. The van der Waals surface area contributed by atoms with E-state index in [2.05, 4.69) is 26.0 Å². The van der Waals surface area contributed by atoms with E-state index in [9.17, 15) is 14.4 Å². The SMILES string of the molecule is Cc1ccc(C(=O)[C@H]2[C@H](c3ccc(C(C)C)cc3)C3(C(=O)c4ccccc4C3=O)[C@H]3C=Cc4cc(Cl)ccc4N23)cc1. The van der Waals surface area contributed by atoms with Crippen molar-refractivity contribution in [2.75, 3.05) is 4.90 Å². The molecule has 1 saturated heterocycles. The molecule has 7 rings (SSSR count). The van der Waals surface area contributed by atoms with Gasteiger partial charge in [0, 0.05) is 33.3 Å². The van der Waals surface area contributed by atoms with Crippen LogP contribution in [-0.2, 0) is 0 Å². The van der Waals surface area contributed by atoms with Crippen LogP contribution < -0.4 is 4.90 Å². The minimum absolute atomic E-state index is 0.123. The van der Waals surface area contributed by atoms with Crippen LogP contribution in [0.1, 0.15) is 79.0 Å². The number of Topliss-reactive ketones (excluding diaryl/α,β-unsaturated/α-hetero) is 3. The van der Waals surface area contributed by atoms with Crippen molar-refractivity contribution in [3.05, 3.63) is 141 Å². The van der Waals surface area contributed by atoms with E-state index in [4.69, 9.17) is 11.6 Å². The van der Waals surface area contributed by atoms with Crippen LogP contribution in [0.2, 0.25) is 5.02 Å². The fourth-order valence-corrected chi connectivity index (χ4v) is 7.48. The first-order valence-electron chi connectivity index (χ1n) is 14.4. The number of rotatable bonds is 4. The van der Waals surface area contributed by atoms with Crippen LogP contribution in [0.15, 0.2) is 97.1 Å². The van der Waals surface area contributed by atoms with Crippen molar-refractivity contribution >= 4 is 40.7 Å². The molecule has 2 aliphatic heterocycles. The van der Waals surface area contributed by atoms with Crippen molar-refractivity contribution in [2.24, 2.45) is 5.41 Å². The van der Waals surface area contributed by atoms with Gasteiger partial charge in [-0.1, -0.05) is 116 Å². The maximum atomic E-state index is 14.8. The Balaban J connectivity index is 1.53. The lowest BCUT2D eigenvalue weighted by Crippen LogP contribution is -2.48. The van der Waals surface area contributed by atoms with Crippen LogP contribution in [0.5, 0.6) is 0 Å². The van der Waals surface area contributed by atoms with Crippen molar-refractivity contribution in [1.29, 1.82) is 0 Å². The molecule has 42 heavy (non-hydrogen) atoms. The molecule has 0 bridgehead atoms. The van der Waals surface area contributed by atoms with Gasteiger partial charge in [-0.25, -0.2) is 0 Å². The third kappa shape index (κ3) is 3.64. The van der Waals surface area contributed by atoms with Gasteiger partial charge in [0.25, 0.3) is 0 Å². The number of ketones is 3. The molecule has 3 atom stereocenters. The highest BCUT2D eigenvalue weighted by Crippen LogP contribution is 2.61. The zero-order chi connectivity index (χ0) is 29.3. The van der Waals surface area contributed by atoms with Crippen LogP contribution in [0.25, 0.3) is 6.08 Å². The summed E-state index contributed by atoms with van der Waals surface area (Å²) in [5, 5.41) is 0.577. The summed E-state index contributed by atoms with van der Waals surface area (Å²) >= 11 is 6.39. The fraction of sp³-hybridized carbons (Fsp3) is 0.216. The lowest BCUT2D eigenvalue weighted by Gasteiger charge is -2.37. The normalized spacial score (nSPS) is 21.5. The van der Waals surface area contributed by atoms with Crippen molar-refractivity contribution < 1.29 is 14.4 Å². The van der Waals surface area contributed by atoms with E-state index in [0.717, 1.165) is 27.9 Å². The van der Waals surface area contributed by atoms with Crippen LogP contribution >= 0.6 is 11.6 Å². The highest BCUT2D eigenvalue weighted by atomic mass is 35.5. The van der Waals surface area contributed by atoms with Gasteiger partial charge in [-0.05, 0) is 47.7 Å². The molecule has 2 heterocycles. The third-order valence-corrected chi connectivity index (χ3v) is 9.57. The molecular formula is C37H30ClNO3. The summed E-state index contributed by atoms with van der Waals surface area (Å²) in [4.78, 5) is 46.3. The van der Waals surface area contributed by atoms with Gasteiger partial charge in [0.2, 0.25) is 0 Å². The summed E-state index contributed by atoms with van der Waals surface area (Å²) in [6, 6.07) is 26.8. The molecule has 5 heteroatoms. The lowest BCUT2D eigenvalue weighted by atomic mass is 9.64. The van der Waals surface area contributed by atoms with Crippen molar-refractivity contribution in [3.63, 3.8) is 0 Å². The first-order chi connectivity index (χ1) is 20.2. The molecule has 4 aromatic rings. The number of benzene rings is 4. The van der Waals surface area contributed by atoms with E-state index in [1.165, 1.54) is 0 Å². The largest absolute Gasteiger partial charge is 0.352 e. The maximum Gasteiger partial charge on any atom is 0.185 e. The topological polar surface area (TPSA) is 54.5 Å². The quantitative estimate of drug-likeness (QED) is 0.183. The Morgan fingerprint density at radius 3 is 2.12 bits per heavy atom. The minimum Gasteiger partial charge on any atom is -0.352 e. The smallest absolute Gasteiger partial charge is 0.185 e. The van der Waals surface area contributed by atoms with Gasteiger partial charge in [0.1, 0.15) is 11.5 Å². The second-order valence-corrected chi connectivity index (χ2v) is 12.4. The molecular weight excluding hydrogens is 542 g/mol. The van der Waals surface area contributed by atoms with Gasteiger partial charge in [-0.15, -0.1) is 0 Å². The van der Waals surface area contributed by atoms with Gasteiger partial charge in [0.05, 0.1) is 6.04 Å². The van der Waals surface area contributed by atoms with Gasteiger partial charge < -0.3 is 4.90 Å². The predicted octanol–water partition coefficient (Wildman–Crippen LogP) is 8.09. The van der Waals surface area contributed by atoms with E-state index < -0.39 is 23.4 Å². The molecule has 208 valence electrons. The highest BCUT2D eigenvalue weighted by Gasteiger charge is 2.71. The Bertz CT molecular complexity index is 1770. The number of nitrogens with zero attached hydrogens (tertiary/aromatic N) is 1. The van der Waals surface area contributed by atoms with Gasteiger partial charge in [0.15, 0.2) is 17.3 Å². The zero-order valence-corrected chi connectivity index (χ0v) is 24.4. The van der Waals surface area contributed by atoms with Crippen LogP contribution in [0.4, 0.5) is 5.69 Å². The number of hydrogen-bond acceptors (Lipinski definition) is 4. The number of carbonyl (C=O) groups is 3. The number of anilines is 1. The molecule has 0 amide bonds. The number of fused-ring (bicyclic) bond motifs is 5. The van der Waals surface area contributed by atoms with Gasteiger partial charge >= 0.3 is 0 Å². The Morgan fingerprint density at radius 1 is 0.857 bits per heavy atom. The number of carbonyl (C=O) groups excluding carboxylic acids is 3. The molecule has 1 aliphatic carbocycles. The molecule has 0 radical (unpaired) electrons. The first-order valence-corrected chi connectivity index (χ1v) is 14.8. The van der Waals surface area contributed by atoms with Crippen LogP contribution in [-0.4, -0.2) is 29.4 Å². The lowest BCUT2D eigenvalue weighted by molar-refractivity contribution is 0.0666. The van der Waals surface area contributed by atoms with E-state index in [0.29, 0.717) is 27.6 Å². The Morgan fingerprint density at radius 2 is 1.50 bits per heavy atom. The monoisotopic (exact) mass is 571 g/mol. The zero-order valence-electron chi connectivity index (χ0n) is 23.7. The van der Waals surface area contributed by atoms with E-state index in [1.807, 2.05) is 72.5 Å². The summed E-state index contributed by atoms with van der Waals surface area (Å²) < 4.78 is 0. The van der Waals surface area contributed by atoms with Crippen molar-refractivity contribution in [1.82, 2.24) is 0 Å². The highest BCUT2D eigenvalue weighted by molar-refractivity contribution is 6.32. The van der Waals surface area contributed by atoms with E-state index in [-0.39, 0.29) is 17.3 Å². The van der Waals surface area contributed by atoms with Crippen molar-refractivity contribution in [3.8, 4) is 0 Å². The summed E-state index contributed by atoms with van der Waals surface area (Å²) in [6.07, 6.45) is 3.86. The Kier molecular flexibility index (Phi) is 6.11. The second-order valence-electron chi connectivity index (χ2n) is 12.0. The summed E-state index contributed by atoms with van der Waals surface area (Å²) in [6.45, 7) is 6.24. The van der Waals surface area contributed by atoms with Gasteiger partial charge in [-0.3, -0.25) is 14.4 Å². The molecule has 0 saturated carbocycles. The fourth-order valence-electron chi connectivity index (χ4n) is 7.30. The predicted molar refractivity (Wildman–Crippen MR) is 167 cm³/mol. The molecule has 4 aromatic carbocycles. The molecule has 1 fully saturated rings. The average molecular weight is 572 g/mol. The summed E-state index contributed by atoms with van der Waals surface area (Å²) in [5.74, 6) is -0.986. The molecule has 1 spiro atoms. The summed E-state index contributed by atoms with van der Waals surface area (Å²) in [5.41, 5.74) is 4.51. The van der Waals surface area contributed by atoms with E-state index >= 15 is 0 Å². The van der Waals surface area contributed by atoms with Crippen molar-refractivity contribution in [2.45, 2.75) is 44.7 Å². The molecule has 0 aromatic heterocycles. The molecule has 4 nitrogen and oxygen atoms in total. The van der Waals surface area contributed by atoms with E-state index in [1.54, 1.807) is 30.3 Å². The Hall–Kier alpha value is -4.28. The molecule has 0 unspecified atom stereocenters. The maximum absolute atomic E-state index is 14.8. The van der Waals surface area contributed by atoms with Gasteiger partial charge in [-0.2, -0.15) is 0 Å². The second kappa shape index (κ2) is 9.64. The standard InChI is InChI=1S/C37H30ClNO3/c1-21(2)23-12-14-24(15-13-23)32-33(34(40)25-10-8-22(3)9-11-25)39-30-18-17-27(38)20-26(30)16-19-31(39)37(32)35(41)28-6-4-5-7-29(28)36(37)42/h4-21,31-33H,1-3H3/t31-,32+,33-/m1/s1. The van der Waals surface area contributed by atoms with Crippen LogP contribution in [0, 0.1) is 12.3 Å². The molecule has 3 aliphatic rings. The van der Waals surface area contributed by atoms with Crippen LogP contribution in [0.3, 0.4) is 0 Å².